The van der Waals surface area contributed by atoms with Crippen LogP contribution in [0.1, 0.15) is 24.2 Å². The predicted octanol–water partition coefficient (Wildman–Crippen LogP) is 3.51. The van der Waals surface area contributed by atoms with E-state index < -0.39 is 0 Å². The Morgan fingerprint density at radius 3 is 3.00 bits per heavy atom. The Morgan fingerprint density at radius 2 is 2.29 bits per heavy atom. The van der Waals surface area contributed by atoms with Gasteiger partial charge in [0.2, 0.25) is 0 Å². The quantitative estimate of drug-likeness (QED) is 0.818. The number of ether oxygens (including phenoxy) is 1. The fourth-order valence-corrected chi connectivity index (χ4v) is 2.84. The summed E-state index contributed by atoms with van der Waals surface area (Å²) in [6.07, 6.45) is 7.75. The van der Waals surface area contributed by atoms with Gasteiger partial charge in [0.1, 0.15) is 5.76 Å². The van der Waals surface area contributed by atoms with Gasteiger partial charge in [-0.25, -0.2) is 0 Å². The molecule has 0 amide bonds. The van der Waals surface area contributed by atoms with Gasteiger partial charge in [0.05, 0.1) is 23.9 Å². The van der Waals surface area contributed by atoms with Crippen LogP contribution in [-0.4, -0.2) is 29.1 Å². The predicted molar refractivity (Wildman–Crippen MR) is 81.0 cm³/mol. The monoisotopic (exact) mass is 306 g/mol. The van der Waals surface area contributed by atoms with Crippen molar-refractivity contribution < 1.29 is 9.15 Å². The molecule has 1 fully saturated rings. The van der Waals surface area contributed by atoms with Gasteiger partial charge in [-0.3, -0.25) is 9.88 Å². The van der Waals surface area contributed by atoms with E-state index in [0.29, 0.717) is 11.1 Å². The molecule has 0 bridgehead atoms. The van der Waals surface area contributed by atoms with Crippen molar-refractivity contribution in [2.75, 3.05) is 13.2 Å². The van der Waals surface area contributed by atoms with Crippen LogP contribution in [0.5, 0.6) is 0 Å². The number of nitrogens with zero attached hydrogens (tertiary/aromatic N) is 2. The number of rotatable bonds is 6. The summed E-state index contributed by atoms with van der Waals surface area (Å²) in [4.78, 5) is 6.35. The summed E-state index contributed by atoms with van der Waals surface area (Å²) in [5.41, 5.74) is 1.08. The molecule has 2 aromatic heterocycles. The highest BCUT2D eigenvalue weighted by Crippen LogP contribution is 2.20. The molecule has 0 N–H and O–H groups in total. The van der Waals surface area contributed by atoms with Gasteiger partial charge in [-0.2, -0.15) is 0 Å². The highest BCUT2D eigenvalue weighted by Gasteiger charge is 2.20. The van der Waals surface area contributed by atoms with Gasteiger partial charge in [-0.1, -0.05) is 11.6 Å². The van der Waals surface area contributed by atoms with E-state index in [0.717, 1.165) is 50.4 Å². The summed E-state index contributed by atoms with van der Waals surface area (Å²) in [7, 11) is 0. The third-order valence-corrected chi connectivity index (χ3v) is 4.04. The van der Waals surface area contributed by atoms with Crippen LogP contribution < -0.4 is 0 Å². The van der Waals surface area contributed by atoms with Gasteiger partial charge in [0, 0.05) is 32.1 Å². The molecule has 1 saturated heterocycles. The molecule has 2 aromatic rings. The average Bonchev–Trinajstić information content (AvgIpc) is 3.15. The van der Waals surface area contributed by atoms with Crippen LogP contribution in [0.4, 0.5) is 0 Å². The van der Waals surface area contributed by atoms with E-state index in [1.807, 2.05) is 18.2 Å². The van der Waals surface area contributed by atoms with Crippen molar-refractivity contribution >= 4 is 11.6 Å². The molecule has 3 heterocycles. The molecular weight excluding hydrogens is 288 g/mol. The SMILES string of the molecule is Clc1cnccc1CN(Cc1ccco1)C[C@H]1CCCO1. The van der Waals surface area contributed by atoms with Crippen LogP contribution in [0.3, 0.4) is 0 Å². The van der Waals surface area contributed by atoms with Crippen molar-refractivity contribution in [2.45, 2.75) is 32.0 Å². The summed E-state index contributed by atoms with van der Waals surface area (Å²) in [5, 5.41) is 0.703. The van der Waals surface area contributed by atoms with E-state index in [9.17, 15) is 0 Å². The number of halogens is 1. The van der Waals surface area contributed by atoms with Crippen molar-refractivity contribution in [1.29, 1.82) is 0 Å². The van der Waals surface area contributed by atoms with Crippen molar-refractivity contribution in [3.8, 4) is 0 Å². The zero-order chi connectivity index (χ0) is 14.5. The lowest BCUT2D eigenvalue weighted by Gasteiger charge is -2.24. The summed E-state index contributed by atoms with van der Waals surface area (Å²) >= 11 is 6.22. The normalized spacial score (nSPS) is 18.5. The van der Waals surface area contributed by atoms with E-state index >= 15 is 0 Å². The summed E-state index contributed by atoms with van der Waals surface area (Å²) in [6.45, 7) is 3.28. The first-order valence-corrected chi connectivity index (χ1v) is 7.64. The Kier molecular flexibility index (Phi) is 4.91. The number of aromatic nitrogens is 1. The van der Waals surface area contributed by atoms with Crippen LogP contribution in [0, 0.1) is 0 Å². The van der Waals surface area contributed by atoms with Crippen molar-refractivity contribution in [3.05, 3.63) is 53.2 Å². The first-order chi connectivity index (χ1) is 10.3. The second kappa shape index (κ2) is 7.07. The molecule has 4 nitrogen and oxygen atoms in total. The van der Waals surface area contributed by atoms with E-state index in [1.165, 1.54) is 0 Å². The fourth-order valence-electron chi connectivity index (χ4n) is 2.66. The minimum atomic E-state index is 0.306. The number of furan rings is 1. The Balaban J connectivity index is 1.69. The molecule has 0 radical (unpaired) electrons. The van der Waals surface area contributed by atoms with Gasteiger partial charge in [-0.15, -0.1) is 0 Å². The first-order valence-electron chi connectivity index (χ1n) is 7.26. The van der Waals surface area contributed by atoms with Crippen molar-refractivity contribution in [3.63, 3.8) is 0 Å². The minimum absolute atomic E-state index is 0.306. The van der Waals surface area contributed by atoms with Gasteiger partial charge in [0.25, 0.3) is 0 Å². The molecule has 112 valence electrons. The Bertz CT molecular complexity index is 553. The molecule has 0 aliphatic carbocycles. The zero-order valence-electron chi connectivity index (χ0n) is 11.9. The van der Waals surface area contributed by atoms with E-state index in [2.05, 4.69) is 9.88 Å². The van der Waals surface area contributed by atoms with Gasteiger partial charge in [0.15, 0.2) is 0 Å². The maximum Gasteiger partial charge on any atom is 0.117 e. The summed E-state index contributed by atoms with van der Waals surface area (Å²) in [5.74, 6) is 0.957. The second-order valence-corrected chi connectivity index (χ2v) is 5.76. The smallest absolute Gasteiger partial charge is 0.117 e. The van der Waals surface area contributed by atoms with E-state index in [1.54, 1.807) is 18.7 Å². The number of hydrogen-bond acceptors (Lipinski definition) is 4. The highest BCUT2D eigenvalue weighted by atomic mass is 35.5. The minimum Gasteiger partial charge on any atom is -0.468 e. The molecular formula is C16H19ClN2O2. The number of pyridine rings is 1. The van der Waals surface area contributed by atoms with Crippen LogP contribution >= 0.6 is 11.6 Å². The molecule has 1 aliphatic rings. The Labute approximate surface area is 129 Å². The standard InChI is InChI=1S/C16H19ClN2O2/c17-16-9-18-6-5-13(16)10-19(11-14-3-1-7-20-14)12-15-4-2-8-21-15/h1,3,5-7,9,15H,2,4,8,10-12H2/t15-/m1/s1. The lowest BCUT2D eigenvalue weighted by molar-refractivity contribution is 0.0655. The molecule has 0 unspecified atom stereocenters. The lowest BCUT2D eigenvalue weighted by atomic mass is 10.2. The summed E-state index contributed by atoms with van der Waals surface area (Å²) in [6, 6.07) is 5.88. The zero-order valence-corrected chi connectivity index (χ0v) is 12.6. The maximum atomic E-state index is 6.22. The highest BCUT2D eigenvalue weighted by molar-refractivity contribution is 6.31. The van der Waals surface area contributed by atoms with Crippen LogP contribution in [0.25, 0.3) is 0 Å². The first kappa shape index (κ1) is 14.6. The van der Waals surface area contributed by atoms with Crippen LogP contribution in [-0.2, 0) is 17.8 Å². The third kappa shape index (κ3) is 4.06. The Morgan fingerprint density at radius 1 is 1.33 bits per heavy atom. The molecule has 0 aromatic carbocycles. The molecule has 0 spiro atoms. The average molecular weight is 307 g/mol. The van der Waals surface area contributed by atoms with Crippen molar-refractivity contribution in [2.24, 2.45) is 0 Å². The topological polar surface area (TPSA) is 38.5 Å². The van der Waals surface area contributed by atoms with Gasteiger partial charge in [-0.05, 0) is 36.6 Å². The van der Waals surface area contributed by atoms with E-state index in [4.69, 9.17) is 20.8 Å². The largest absolute Gasteiger partial charge is 0.468 e. The Hall–Kier alpha value is -1.36. The van der Waals surface area contributed by atoms with Gasteiger partial charge < -0.3 is 9.15 Å². The number of hydrogen-bond donors (Lipinski definition) is 0. The second-order valence-electron chi connectivity index (χ2n) is 5.35. The third-order valence-electron chi connectivity index (χ3n) is 3.70. The summed E-state index contributed by atoms with van der Waals surface area (Å²) < 4.78 is 11.2. The molecule has 1 atom stereocenters. The molecule has 3 rings (SSSR count). The van der Waals surface area contributed by atoms with Crippen molar-refractivity contribution in [1.82, 2.24) is 9.88 Å². The van der Waals surface area contributed by atoms with Gasteiger partial charge >= 0.3 is 0 Å². The van der Waals surface area contributed by atoms with E-state index in [-0.39, 0.29) is 0 Å². The lowest BCUT2D eigenvalue weighted by Crippen LogP contribution is -2.31. The molecule has 1 aliphatic heterocycles. The molecule has 0 saturated carbocycles. The van der Waals surface area contributed by atoms with Crippen LogP contribution in [0.15, 0.2) is 41.3 Å². The maximum absolute atomic E-state index is 6.22. The van der Waals surface area contributed by atoms with Crippen LogP contribution in [0.2, 0.25) is 5.02 Å². The molecule has 5 heteroatoms. The molecule has 21 heavy (non-hydrogen) atoms. The fraction of sp³-hybridized carbons (Fsp3) is 0.438.